The number of nitrogens with two attached hydrogens (primary N) is 1. The van der Waals surface area contributed by atoms with Crippen molar-refractivity contribution >= 4 is 11.6 Å². The molecule has 0 aliphatic rings. The highest BCUT2D eigenvalue weighted by molar-refractivity contribution is 5.96. The lowest BCUT2D eigenvalue weighted by Gasteiger charge is -2.36. The first kappa shape index (κ1) is 16.3. The fourth-order valence-corrected chi connectivity index (χ4v) is 1.49. The van der Waals surface area contributed by atoms with Crippen molar-refractivity contribution in [3.8, 4) is 11.5 Å². The zero-order chi connectivity index (χ0) is 15.6. The van der Waals surface area contributed by atoms with Gasteiger partial charge in [-0.15, -0.1) is 0 Å². The number of nitrogens with one attached hydrogen (secondary N) is 1. The van der Waals surface area contributed by atoms with E-state index in [9.17, 15) is 4.79 Å². The van der Waals surface area contributed by atoms with Crippen LogP contribution in [0.15, 0.2) is 18.2 Å². The Morgan fingerprint density at radius 2 is 1.65 bits per heavy atom. The molecule has 0 bridgehead atoms. The van der Waals surface area contributed by atoms with Crippen molar-refractivity contribution in [1.82, 2.24) is 0 Å². The Labute approximate surface area is 120 Å². The van der Waals surface area contributed by atoms with Crippen LogP contribution in [-0.2, 0) is 4.79 Å². The minimum absolute atomic E-state index is 0.141. The summed E-state index contributed by atoms with van der Waals surface area (Å²) in [5.41, 5.74) is 5.37. The molecule has 0 aromatic heterocycles. The van der Waals surface area contributed by atoms with Gasteiger partial charge >= 0.3 is 0 Å². The minimum atomic E-state index is -0.708. The Morgan fingerprint density at radius 1 is 1.10 bits per heavy atom. The smallest absolute Gasteiger partial charge is 0.231 e. The van der Waals surface area contributed by atoms with E-state index >= 15 is 0 Å². The van der Waals surface area contributed by atoms with Crippen LogP contribution in [0.1, 0.15) is 27.7 Å². The van der Waals surface area contributed by atoms with E-state index in [0.29, 0.717) is 17.2 Å². The molecule has 0 spiro atoms. The van der Waals surface area contributed by atoms with Gasteiger partial charge in [0.15, 0.2) is 11.5 Å². The average molecular weight is 280 g/mol. The molecule has 0 aliphatic carbocycles. The third-order valence-electron chi connectivity index (χ3n) is 3.82. The van der Waals surface area contributed by atoms with Gasteiger partial charge in [-0.05, 0) is 39.8 Å². The fraction of sp³-hybridized carbons (Fsp3) is 0.533. The molecule has 1 aromatic carbocycles. The van der Waals surface area contributed by atoms with Crippen molar-refractivity contribution < 1.29 is 14.3 Å². The molecule has 5 nitrogen and oxygen atoms in total. The van der Waals surface area contributed by atoms with E-state index in [1.807, 2.05) is 27.7 Å². The van der Waals surface area contributed by atoms with Crippen molar-refractivity contribution in [3.63, 3.8) is 0 Å². The van der Waals surface area contributed by atoms with Crippen molar-refractivity contribution in [2.24, 2.45) is 11.1 Å². The second-order valence-electron chi connectivity index (χ2n) is 5.87. The van der Waals surface area contributed by atoms with E-state index in [1.54, 1.807) is 32.4 Å². The van der Waals surface area contributed by atoms with E-state index < -0.39 is 11.0 Å². The third-order valence-corrected chi connectivity index (χ3v) is 3.82. The lowest BCUT2D eigenvalue weighted by atomic mass is 9.74. The Bertz CT molecular complexity index is 490. The second-order valence-corrected chi connectivity index (χ2v) is 5.87. The van der Waals surface area contributed by atoms with Crippen LogP contribution in [0.4, 0.5) is 5.69 Å². The summed E-state index contributed by atoms with van der Waals surface area (Å²) in [6.07, 6.45) is 0. The first-order valence-corrected chi connectivity index (χ1v) is 6.46. The maximum Gasteiger partial charge on any atom is 0.231 e. The highest BCUT2D eigenvalue weighted by Gasteiger charge is 2.40. The van der Waals surface area contributed by atoms with Gasteiger partial charge < -0.3 is 20.5 Å². The van der Waals surface area contributed by atoms with E-state index in [1.165, 1.54) is 0 Å². The van der Waals surface area contributed by atoms with Gasteiger partial charge in [-0.1, -0.05) is 0 Å². The van der Waals surface area contributed by atoms with E-state index in [2.05, 4.69) is 5.32 Å². The molecule has 0 heterocycles. The van der Waals surface area contributed by atoms with Crippen molar-refractivity contribution in [2.45, 2.75) is 33.2 Å². The molecule has 0 aliphatic heterocycles. The summed E-state index contributed by atoms with van der Waals surface area (Å²) in [5.74, 6) is 1.04. The van der Waals surface area contributed by atoms with Gasteiger partial charge in [0.1, 0.15) is 0 Å². The maximum atomic E-state index is 12.4. The number of carbonyl (C=O) groups excluding carboxylic acids is 1. The van der Waals surface area contributed by atoms with Crippen LogP contribution in [0.25, 0.3) is 0 Å². The predicted octanol–water partition coefficient (Wildman–Crippen LogP) is 2.41. The molecule has 5 heteroatoms. The number of benzene rings is 1. The summed E-state index contributed by atoms with van der Waals surface area (Å²) < 4.78 is 10.4. The molecule has 0 atom stereocenters. The van der Waals surface area contributed by atoms with Crippen molar-refractivity contribution in [1.29, 1.82) is 0 Å². The monoisotopic (exact) mass is 280 g/mol. The van der Waals surface area contributed by atoms with Crippen molar-refractivity contribution in [3.05, 3.63) is 18.2 Å². The molecule has 3 N–H and O–H groups in total. The van der Waals surface area contributed by atoms with Gasteiger partial charge in [-0.2, -0.15) is 0 Å². The highest BCUT2D eigenvalue weighted by Crippen LogP contribution is 2.33. The van der Waals surface area contributed by atoms with Crippen molar-refractivity contribution in [2.75, 3.05) is 19.5 Å². The number of hydrogen-bond acceptors (Lipinski definition) is 4. The standard InChI is InChI=1S/C15H24N2O3/c1-14(2,15(3,4)16)13(18)17-10-7-8-11(19-5)12(9-10)20-6/h7-9H,16H2,1-6H3,(H,17,18). The van der Waals surface area contributed by atoms with Gasteiger partial charge in [-0.25, -0.2) is 0 Å². The molecule has 0 saturated heterocycles. The summed E-state index contributed by atoms with van der Waals surface area (Å²) in [6.45, 7) is 7.31. The maximum absolute atomic E-state index is 12.4. The van der Waals surface area contributed by atoms with Crippen LogP contribution in [0, 0.1) is 5.41 Å². The largest absolute Gasteiger partial charge is 0.493 e. The Hall–Kier alpha value is -1.75. The van der Waals surface area contributed by atoms with E-state index in [-0.39, 0.29) is 5.91 Å². The Morgan fingerprint density at radius 3 is 2.10 bits per heavy atom. The second kappa shape index (κ2) is 5.71. The molecule has 0 radical (unpaired) electrons. The molecule has 1 rings (SSSR count). The highest BCUT2D eigenvalue weighted by atomic mass is 16.5. The first-order valence-electron chi connectivity index (χ1n) is 6.46. The lowest BCUT2D eigenvalue weighted by Crippen LogP contribution is -2.53. The fourth-order valence-electron chi connectivity index (χ4n) is 1.49. The SMILES string of the molecule is COc1ccc(NC(=O)C(C)(C)C(C)(C)N)cc1OC. The van der Waals surface area contributed by atoms with Gasteiger partial charge in [0.05, 0.1) is 19.6 Å². The first-order chi connectivity index (χ1) is 9.13. The summed E-state index contributed by atoms with van der Waals surface area (Å²) in [5, 5.41) is 2.86. The molecule has 1 amide bonds. The molecule has 0 fully saturated rings. The van der Waals surface area contributed by atoms with Gasteiger partial charge in [0.2, 0.25) is 5.91 Å². The number of ether oxygens (including phenoxy) is 2. The number of carbonyl (C=O) groups is 1. The van der Waals surface area contributed by atoms with Gasteiger partial charge in [-0.3, -0.25) is 4.79 Å². The van der Waals surface area contributed by atoms with E-state index in [0.717, 1.165) is 0 Å². The summed E-state index contributed by atoms with van der Waals surface area (Å²) >= 11 is 0. The van der Waals surface area contributed by atoms with Crippen LogP contribution >= 0.6 is 0 Å². The molecule has 20 heavy (non-hydrogen) atoms. The molecular formula is C15H24N2O3. The third kappa shape index (κ3) is 3.22. The summed E-state index contributed by atoms with van der Waals surface area (Å²) in [7, 11) is 3.12. The van der Waals surface area contributed by atoms with Gasteiger partial charge in [0.25, 0.3) is 0 Å². The quantitative estimate of drug-likeness (QED) is 0.868. The molecule has 1 aromatic rings. The number of anilines is 1. The molecule has 0 unspecified atom stereocenters. The predicted molar refractivity (Wildman–Crippen MR) is 80.2 cm³/mol. The van der Waals surface area contributed by atoms with Gasteiger partial charge in [0, 0.05) is 17.3 Å². The zero-order valence-electron chi connectivity index (χ0n) is 13.0. The number of methoxy groups -OCH3 is 2. The van der Waals surface area contributed by atoms with E-state index in [4.69, 9.17) is 15.2 Å². The number of rotatable bonds is 5. The topological polar surface area (TPSA) is 73.6 Å². The summed E-state index contributed by atoms with van der Waals surface area (Å²) in [4.78, 5) is 12.4. The minimum Gasteiger partial charge on any atom is -0.493 e. The van der Waals surface area contributed by atoms with Crippen LogP contribution in [0.2, 0.25) is 0 Å². The van der Waals surface area contributed by atoms with Crippen LogP contribution in [-0.4, -0.2) is 25.7 Å². The number of amides is 1. The Kier molecular flexibility index (Phi) is 4.65. The lowest BCUT2D eigenvalue weighted by molar-refractivity contribution is -0.126. The number of hydrogen-bond donors (Lipinski definition) is 2. The average Bonchev–Trinajstić information content (AvgIpc) is 2.37. The van der Waals surface area contributed by atoms with Crippen LogP contribution in [0.3, 0.4) is 0 Å². The molecular weight excluding hydrogens is 256 g/mol. The normalized spacial score (nSPS) is 11.9. The van der Waals surface area contributed by atoms with Crippen LogP contribution < -0.4 is 20.5 Å². The Balaban J connectivity index is 2.97. The zero-order valence-corrected chi connectivity index (χ0v) is 13.0. The summed E-state index contributed by atoms with van der Waals surface area (Å²) in [6, 6.07) is 5.23. The molecule has 0 saturated carbocycles. The molecule has 112 valence electrons. The van der Waals surface area contributed by atoms with Crippen LogP contribution in [0.5, 0.6) is 11.5 Å².